The number of rotatable bonds is 8. The number of likely N-dealkylation sites (N-methyl/N-ethyl adjacent to an activating group) is 1. The van der Waals surface area contributed by atoms with Crippen molar-refractivity contribution in [1.82, 2.24) is 10.2 Å². The number of hydrogen-bond acceptors (Lipinski definition) is 4. The number of nitrogens with one attached hydrogen (secondary N) is 2. The van der Waals surface area contributed by atoms with Gasteiger partial charge in [0.15, 0.2) is 0 Å². The number of halogens is 1. The molecule has 3 rings (SSSR count). The van der Waals surface area contributed by atoms with Crippen LogP contribution in [0.4, 0.5) is 5.69 Å². The van der Waals surface area contributed by atoms with E-state index in [1.54, 1.807) is 30.1 Å². The molecule has 2 N–H and O–H groups in total. The lowest BCUT2D eigenvalue weighted by atomic mass is 10.0. The minimum Gasteiger partial charge on any atom is -0.495 e. The van der Waals surface area contributed by atoms with Crippen molar-refractivity contribution in [2.75, 3.05) is 26.0 Å². The van der Waals surface area contributed by atoms with Crippen molar-refractivity contribution in [1.29, 1.82) is 0 Å². The topological polar surface area (TPSA) is 70.7 Å². The zero-order chi connectivity index (χ0) is 20.1. The molecule has 148 valence electrons. The van der Waals surface area contributed by atoms with Crippen LogP contribution < -0.4 is 15.4 Å². The molecule has 0 aromatic heterocycles. The van der Waals surface area contributed by atoms with Crippen LogP contribution in [0.3, 0.4) is 0 Å². The largest absolute Gasteiger partial charge is 0.495 e. The number of carbonyl (C=O) groups excluding carboxylic acids is 2. The third kappa shape index (κ3) is 5.24. The molecule has 2 amide bonds. The van der Waals surface area contributed by atoms with Gasteiger partial charge in [0.1, 0.15) is 11.8 Å². The van der Waals surface area contributed by atoms with E-state index in [9.17, 15) is 9.59 Å². The molecule has 6 nitrogen and oxygen atoms in total. The second-order valence-corrected chi connectivity index (χ2v) is 7.32. The fourth-order valence-electron chi connectivity index (χ4n) is 3.01. The van der Waals surface area contributed by atoms with Crippen LogP contribution in [-0.2, 0) is 9.59 Å². The Morgan fingerprint density at radius 3 is 2.54 bits per heavy atom. The third-order valence-electron chi connectivity index (χ3n) is 4.56. The average molecular weight is 402 g/mol. The van der Waals surface area contributed by atoms with E-state index < -0.39 is 6.04 Å². The van der Waals surface area contributed by atoms with Crippen LogP contribution in [0.5, 0.6) is 5.75 Å². The SMILES string of the molecule is COc1ccc(NC(=O)[C@@H](c2ccccc2)N(C)CC(=O)NC2CC2)cc1Cl. The van der Waals surface area contributed by atoms with Gasteiger partial charge in [-0.05, 0) is 43.7 Å². The summed E-state index contributed by atoms with van der Waals surface area (Å²) >= 11 is 6.16. The molecule has 0 heterocycles. The highest BCUT2D eigenvalue weighted by atomic mass is 35.5. The van der Waals surface area contributed by atoms with Crippen molar-refractivity contribution in [3.63, 3.8) is 0 Å². The molecule has 28 heavy (non-hydrogen) atoms. The quantitative estimate of drug-likeness (QED) is 0.712. The average Bonchev–Trinajstić information content (AvgIpc) is 3.46. The smallest absolute Gasteiger partial charge is 0.246 e. The van der Waals surface area contributed by atoms with Gasteiger partial charge >= 0.3 is 0 Å². The predicted molar refractivity (Wildman–Crippen MR) is 110 cm³/mol. The third-order valence-corrected chi connectivity index (χ3v) is 4.85. The monoisotopic (exact) mass is 401 g/mol. The maximum Gasteiger partial charge on any atom is 0.246 e. The zero-order valence-corrected chi connectivity index (χ0v) is 16.7. The Morgan fingerprint density at radius 1 is 1.21 bits per heavy atom. The first-order valence-corrected chi connectivity index (χ1v) is 9.54. The van der Waals surface area contributed by atoms with E-state index in [0.717, 1.165) is 18.4 Å². The van der Waals surface area contributed by atoms with Crippen molar-refractivity contribution in [2.24, 2.45) is 0 Å². The lowest BCUT2D eigenvalue weighted by molar-refractivity contribution is -0.125. The van der Waals surface area contributed by atoms with Gasteiger partial charge in [-0.25, -0.2) is 0 Å². The number of benzene rings is 2. The molecule has 1 fully saturated rings. The Balaban J connectivity index is 1.76. The molecule has 1 aliphatic rings. The first-order chi connectivity index (χ1) is 13.5. The van der Waals surface area contributed by atoms with Crippen molar-refractivity contribution < 1.29 is 14.3 Å². The molecule has 0 spiro atoms. The highest BCUT2D eigenvalue weighted by Crippen LogP contribution is 2.28. The first-order valence-electron chi connectivity index (χ1n) is 9.17. The molecule has 2 aromatic carbocycles. The van der Waals surface area contributed by atoms with E-state index in [0.29, 0.717) is 16.5 Å². The van der Waals surface area contributed by atoms with Crippen LogP contribution in [-0.4, -0.2) is 43.5 Å². The summed E-state index contributed by atoms with van der Waals surface area (Å²) in [6.07, 6.45) is 2.05. The van der Waals surface area contributed by atoms with Crippen molar-refractivity contribution >= 4 is 29.1 Å². The molecule has 7 heteroatoms. The van der Waals surface area contributed by atoms with Gasteiger partial charge in [0.05, 0.1) is 18.7 Å². The Bertz CT molecular complexity index is 840. The molecule has 2 aromatic rings. The fraction of sp³-hybridized carbons (Fsp3) is 0.333. The van der Waals surface area contributed by atoms with Crippen LogP contribution in [0.25, 0.3) is 0 Å². The maximum absolute atomic E-state index is 13.1. The van der Waals surface area contributed by atoms with Crippen molar-refractivity contribution in [2.45, 2.75) is 24.9 Å². The molecular formula is C21H24ClN3O3. The standard InChI is InChI=1S/C21H24ClN3O3/c1-25(13-19(26)23-15-8-9-15)20(14-6-4-3-5-7-14)21(27)24-16-10-11-18(28-2)17(22)12-16/h3-7,10-12,15,20H,8-9,13H2,1-2H3,(H,23,26)(H,24,27)/t20-/m1/s1. The van der Waals surface area contributed by atoms with Gasteiger partial charge in [-0.3, -0.25) is 14.5 Å². The Morgan fingerprint density at radius 2 is 1.93 bits per heavy atom. The van der Waals surface area contributed by atoms with Crippen LogP contribution in [0.15, 0.2) is 48.5 Å². The molecule has 0 saturated heterocycles. The number of nitrogens with zero attached hydrogens (tertiary/aromatic N) is 1. The van der Waals surface area contributed by atoms with Gasteiger partial charge in [0.2, 0.25) is 11.8 Å². The highest BCUT2D eigenvalue weighted by molar-refractivity contribution is 6.32. The Hall–Kier alpha value is -2.57. The number of hydrogen-bond donors (Lipinski definition) is 2. The molecule has 0 aliphatic heterocycles. The summed E-state index contributed by atoms with van der Waals surface area (Å²) in [5.41, 5.74) is 1.37. The van der Waals surface area contributed by atoms with Crippen LogP contribution in [0, 0.1) is 0 Å². The number of carbonyl (C=O) groups is 2. The highest BCUT2D eigenvalue weighted by Gasteiger charge is 2.29. The lowest BCUT2D eigenvalue weighted by Crippen LogP contribution is -2.41. The fourth-order valence-corrected chi connectivity index (χ4v) is 3.27. The van der Waals surface area contributed by atoms with Gasteiger partial charge in [-0.2, -0.15) is 0 Å². The molecule has 1 atom stereocenters. The number of amides is 2. The molecule has 0 unspecified atom stereocenters. The summed E-state index contributed by atoms with van der Waals surface area (Å²) < 4.78 is 5.14. The molecular weight excluding hydrogens is 378 g/mol. The molecule has 1 saturated carbocycles. The Labute approximate surface area is 169 Å². The number of ether oxygens (including phenoxy) is 1. The summed E-state index contributed by atoms with van der Waals surface area (Å²) in [4.78, 5) is 27.0. The number of anilines is 1. The van der Waals surface area contributed by atoms with Gasteiger partial charge in [-0.15, -0.1) is 0 Å². The molecule has 0 radical (unpaired) electrons. The van der Waals surface area contributed by atoms with Crippen LogP contribution >= 0.6 is 11.6 Å². The Kier molecular flexibility index (Phi) is 6.54. The maximum atomic E-state index is 13.1. The van der Waals surface area contributed by atoms with Gasteiger partial charge in [-0.1, -0.05) is 41.9 Å². The summed E-state index contributed by atoms with van der Waals surface area (Å²) in [7, 11) is 3.30. The molecule has 1 aliphatic carbocycles. The van der Waals surface area contributed by atoms with Crippen LogP contribution in [0.1, 0.15) is 24.4 Å². The van der Waals surface area contributed by atoms with Crippen molar-refractivity contribution in [3.05, 3.63) is 59.1 Å². The second-order valence-electron chi connectivity index (χ2n) is 6.91. The lowest BCUT2D eigenvalue weighted by Gasteiger charge is -2.27. The van der Waals surface area contributed by atoms with E-state index >= 15 is 0 Å². The predicted octanol–water partition coefficient (Wildman–Crippen LogP) is 3.24. The van der Waals surface area contributed by atoms with Gasteiger partial charge in [0, 0.05) is 11.7 Å². The van der Waals surface area contributed by atoms with Gasteiger partial charge in [0.25, 0.3) is 0 Å². The normalized spacial score (nSPS) is 14.4. The summed E-state index contributed by atoms with van der Waals surface area (Å²) in [6, 6.07) is 14.1. The summed E-state index contributed by atoms with van der Waals surface area (Å²) in [6.45, 7) is 0.132. The summed E-state index contributed by atoms with van der Waals surface area (Å²) in [5, 5.41) is 6.25. The van der Waals surface area contributed by atoms with E-state index in [1.165, 1.54) is 7.11 Å². The van der Waals surface area contributed by atoms with E-state index in [1.807, 2.05) is 30.3 Å². The minimum atomic E-state index is -0.618. The zero-order valence-electron chi connectivity index (χ0n) is 15.9. The minimum absolute atomic E-state index is 0.0776. The van der Waals surface area contributed by atoms with E-state index in [-0.39, 0.29) is 24.4 Å². The second kappa shape index (κ2) is 9.08. The summed E-state index contributed by atoms with van der Waals surface area (Å²) in [5.74, 6) is 0.216. The van der Waals surface area contributed by atoms with E-state index in [2.05, 4.69) is 10.6 Å². The van der Waals surface area contributed by atoms with Gasteiger partial charge < -0.3 is 15.4 Å². The van der Waals surface area contributed by atoms with Crippen LogP contribution in [0.2, 0.25) is 5.02 Å². The van der Waals surface area contributed by atoms with Crippen molar-refractivity contribution in [3.8, 4) is 5.75 Å². The number of methoxy groups -OCH3 is 1. The first kappa shape index (κ1) is 20.2. The van der Waals surface area contributed by atoms with E-state index in [4.69, 9.17) is 16.3 Å². The molecule has 0 bridgehead atoms.